The second-order valence-electron chi connectivity index (χ2n) is 5.73. The number of nitrogens with one attached hydrogen (secondary N) is 1. The van der Waals surface area contributed by atoms with E-state index in [1.54, 1.807) is 12.7 Å². The van der Waals surface area contributed by atoms with Crippen molar-refractivity contribution in [2.24, 2.45) is 4.99 Å². The summed E-state index contributed by atoms with van der Waals surface area (Å²) < 4.78 is 10.9. The van der Waals surface area contributed by atoms with Crippen LogP contribution in [0.5, 0.6) is 0 Å². The molecule has 1 saturated heterocycles. The molecule has 1 fully saturated rings. The lowest BCUT2D eigenvalue weighted by molar-refractivity contribution is -0.0447. The van der Waals surface area contributed by atoms with Gasteiger partial charge in [0.15, 0.2) is 5.96 Å². The lowest BCUT2D eigenvalue weighted by Gasteiger charge is -2.34. The van der Waals surface area contributed by atoms with Crippen molar-refractivity contribution < 1.29 is 9.47 Å². The Morgan fingerprint density at radius 1 is 1.52 bits per heavy atom. The Labute approximate surface area is 128 Å². The first-order valence-electron chi connectivity index (χ1n) is 8.07. The van der Waals surface area contributed by atoms with E-state index in [1.807, 2.05) is 7.05 Å². The molecule has 0 aromatic rings. The second-order valence-corrected chi connectivity index (χ2v) is 5.73. The summed E-state index contributed by atoms with van der Waals surface area (Å²) in [5.41, 5.74) is 1.60. The van der Waals surface area contributed by atoms with Crippen molar-refractivity contribution in [3.05, 3.63) is 11.6 Å². The van der Waals surface area contributed by atoms with Gasteiger partial charge in [-0.1, -0.05) is 11.6 Å². The lowest BCUT2D eigenvalue weighted by atomic mass is 9.97. The molecule has 2 rings (SSSR count). The van der Waals surface area contributed by atoms with Gasteiger partial charge in [0.2, 0.25) is 0 Å². The minimum Gasteiger partial charge on any atom is -0.382 e. The maximum atomic E-state index is 5.68. The molecule has 0 amide bonds. The maximum Gasteiger partial charge on any atom is 0.193 e. The van der Waals surface area contributed by atoms with Crippen LogP contribution < -0.4 is 5.32 Å². The monoisotopic (exact) mass is 295 g/mol. The largest absolute Gasteiger partial charge is 0.382 e. The molecule has 120 valence electrons. The first-order chi connectivity index (χ1) is 10.3. The predicted octanol–water partition coefficient (Wildman–Crippen LogP) is 1.80. The second kappa shape index (κ2) is 9.05. The van der Waals surface area contributed by atoms with Gasteiger partial charge in [-0.3, -0.25) is 4.99 Å². The number of methoxy groups -OCH3 is 1. The molecule has 0 radical (unpaired) electrons. The van der Waals surface area contributed by atoms with Gasteiger partial charge in [-0.25, -0.2) is 0 Å². The predicted molar refractivity (Wildman–Crippen MR) is 85.7 cm³/mol. The van der Waals surface area contributed by atoms with Crippen LogP contribution in [0.2, 0.25) is 0 Å². The van der Waals surface area contributed by atoms with Crippen molar-refractivity contribution in [1.82, 2.24) is 10.2 Å². The van der Waals surface area contributed by atoms with E-state index in [2.05, 4.69) is 21.3 Å². The van der Waals surface area contributed by atoms with Gasteiger partial charge >= 0.3 is 0 Å². The zero-order valence-corrected chi connectivity index (χ0v) is 13.4. The van der Waals surface area contributed by atoms with Crippen LogP contribution in [0.15, 0.2) is 16.6 Å². The summed E-state index contributed by atoms with van der Waals surface area (Å²) >= 11 is 0. The summed E-state index contributed by atoms with van der Waals surface area (Å²) in [7, 11) is 3.57. The highest BCUT2D eigenvalue weighted by Gasteiger charge is 2.22. The Morgan fingerprint density at radius 2 is 2.43 bits per heavy atom. The molecule has 0 spiro atoms. The number of nitrogens with zero attached hydrogens (tertiary/aromatic N) is 2. The van der Waals surface area contributed by atoms with E-state index < -0.39 is 0 Å². The highest BCUT2D eigenvalue weighted by Crippen LogP contribution is 2.19. The molecule has 0 aromatic heterocycles. The Balaban J connectivity index is 1.75. The number of rotatable bonds is 5. The van der Waals surface area contributed by atoms with Crippen LogP contribution in [0.25, 0.3) is 0 Å². The lowest BCUT2D eigenvalue weighted by Crippen LogP contribution is -2.51. The van der Waals surface area contributed by atoms with Gasteiger partial charge in [0.25, 0.3) is 0 Å². The SMILES string of the molecule is CN=C(NCCC1=CCCCC1)N1CCOC(COC)C1. The van der Waals surface area contributed by atoms with Crippen LogP contribution in [0, 0.1) is 0 Å². The summed E-state index contributed by atoms with van der Waals surface area (Å²) in [6.45, 7) is 4.07. The molecule has 0 aromatic carbocycles. The van der Waals surface area contributed by atoms with Crippen LogP contribution in [0.4, 0.5) is 0 Å². The molecule has 1 atom stereocenters. The molecule has 2 aliphatic rings. The molecule has 5 nitrogen and oxygen atoms in total. The third-order valence-corrected chi connectivity index (χ3v) is 4.12. The molecule has 0 saturated carbocycles. The smallest absolute Gasteiger partial charge is 0.193 e. The van der Waals surface area contributed by atoms with Crippen molar-refractivity contribution in [1.29, 1.82) is 0 Å². The molecule has 0 bridgehead atoms. The average molecular weight is 295 g/mol. The van der Waals surface area contributed by atoms with Gasteiger partial charge in [-0.05, 0) is 32.1 Å². The van der Waals surface area contributed by atoms with Gasteiger partial charge in [-0.15, -0.1) is 0 Å². The van der Waals surface area contributed by atoms with E-state index in [1.165, 1.54) is 25.7 Å². The fraction of sp³-hybridized carbons (Fsp3) is 0.812. The summed E-state index contributed by atoms with van der Waals surface area (Å²) in [6, 6.07) is 0. The van der Waals surface area contributed by atoms with Crippen LogP contribution in [-0.2, 0) is 9.47 Å². The molecule has 1 N–H and O–H groups in total. The Morgan fingerprint density at radius 3 is 3.14 bits per heavy atom. The molecule has 1 unspecified atom stereocenters. The highest BCUT2D eigenvalue weighted by molar-refractivity contribution is 5.80. The van der Waals surface area contributed by atoms with Crippen molar-refractivity contribution in [2.75, 3.05) is 47.0 Å². The molecular formula is C16H29N3O2. The molecule has 1 aliphatic heterocycles. The molecule has 21 heavy (non-hydrogen) atoms. The number of guanidine groups is 1. The first-order valence-corrected chi connectivity index (χ1v) is 8.07. The standard InChI is InChI=1S/C16H29N3O2/c1-17-16(18-9-8-14-6-4-3-5-7-14)19-10-11-21-15(12-19)13-20-2/h6,15H,3-5,7-13H2,1-2H3,(H,17,18). The van der Waals surface area contributed by atoms with Crippen molar-refractivity contribution >= 4 is 5.96 Å². The minimum atomic E-state index is 0.142. The zero-order chi connectivity index (χ0) is 14.9. The van der Waals surface area contributed by atoms with Crippen molar-refractivity contribution in [2.45, 2.75) is 38.2 Å². The fourth-order valence-corrected chi connectivity index (χ4v) is 3.00. The van der Waals surface area contributed by atoms with E-state index in [0.29, 0.717) is 6.61 Å². The molecule has 5 heteroatoms. The van der Waals surface area contributed by atoms with E-state index in [0.717, 1.165) is 38.6 Å². The zero-order valence-electron chi connectivity index (χ0n) is 13.4. The number of hydrogen-bond donors (Lipinski definition) is 1. The van der Waals surface area contributed by atoms with Gasteiger partial charge < -0.3 is 19.7 Å². The van der Waals surface area contributed by atoms with Crippen LogP contribution >= 0.6 is 0 Å². The summed E-state index contributed by atoms with van der Waals surface area (Å²) in [4.78, 5) is 6.67. The van der Waals surface area contributed by atoms with Crippen molar-refractivity contribution in [3.63, 3.8) is 0 Å². The average Bonchev–Trinajstić information content (AvgIpc) is 2.53. The topological polar surface area (TPSA) is 46.1 Å². The number of morpholine rings is 1. The summed E-state index contributed by atoms with van der Waals surface area (Å²) in [5.74, 6) is 0.982. The normalized spacial score (nSPS) is 23.9. The van der Waals surface area contributed by atoms with Crippen LogP contribution in [0.1, 0.15) is 32.1 Å². The number of hydrogen-bond acceptors (Lipinski definition) is 3. The van der Waals surface area contributed by atoms with E-state index in [-0.39, 0.29) is 6.10 Å². The summed E-state index contributed by atoms with van der Waals surface area (Å²) in [6.07, 6.45) is 8.92. The molecule has 1 heterocycles. The van der Waals surface area contributed by atoms with Gasteiger partial charge in [0, 0.05) is 33.8 Å². The quantitative estimate of drug-likeness (QED) is 0.477. The van der Waals surface area contributed by atoms with E-state index in [9.17, 15) is 0 Å². The number of ether oxygens (including phenoxy) is 2. The van der Waals surface area contributed by atoms with Gasteiger partial charge in [-0.2, -0.15) is 0 Å². The Bertz CT molecular complexity index is 367. The van der Waals surface area contributed by atoms with E-state index >= 15 is 0 Å². The summed E-state index contributed by atoms with van der Waals surface area (Å²) in [5, 5.41) is 3.49. The Hall–Kier alpha value is -1.07. The third kappa shape index (κ3) is 5.32. The highest BCUT2D eigenvalue weighted by atomic mass is 16.5. The van der Waals surface area contributed by atoms with Crippen molar-refractivity contribution in [3.8, 4) is 0 Å². The van der Waals surface area contributed by atoms with Gasteiger partial charge in [0.1, 0.15) is 0 Å². The maximum absolute atomic E-state index is 5.68. The third-order valence-electron chi connectivity index (χ3n) is 4.12. The fourth-order valence-electron chi connectivity index (χ4n) is 3.00. The van der Waals surface area contributed by atoms with Crippen LogP contribution in [0.3, 0.4) is 0 Å². The molecular weight excluding hydrogens is 266 g/mol. The minimum absolute atomic E-state index is 0.142. The van der Waals surface area contributed by atoms with Crippen LogP contribution in [-0.4, -0.2) is 64.0 Å². The Kier molecular flexibility index (Phi) is 7.03. The van der Waals surface area contributed by atoms with Gasteiger partial charge in [0.05, 0.1) is 19.3 Å². The number of allylic oxidation sites excluding steroid dienone is 1. The van der Waals surface area contributed by atoms with E-state index in [4.69, 9.17) is 9.47 Å². The first kappa shape index (κ1) is 16.3. The molecule has 1 aliphatic carbocycles. The number of aliphatic imine (C=N–C) groups is 1.